The van der Waals surface area contributed by atoms with E-state index >= 15 is 0 Å². The minimum absolute atomic E-state index is 0.192. The van der Waals surface area contributed by atoms with Gasteiger partial charge in [-0.25, -0.2) is 0 Å². The van der Waals surface area contributed by atoms with Crippen LogP contribution in [-0.4, -0.2) is 16.4 Å². The van der Waals surface area contributed by atoms with Crippen LogP contribution >= 0.6 is 11.8 Å². The van der Waals surface area contributed by atoms with Crippen molar-refractivity contribution in [1.82, 2.24) is 0 Å². The monoisotopic (exact) mass is 173 g/mol. The van der Waals surface area contributed by atoms with Gasteiger partial charge in [-0.15, -0.1) is 0 Å². The van der Waals surface area contributed by atoms with Crippen molar-refractivity contribution in [1.29, 1.82) is 0 Å². The maximum absolute atomic E-state index is 11.4. The highest BCUT2D eigenvalue weighted by molar-refractivity contribution is 8.13. The Morgan fingerprint density at radius 1 is 1.55 bits per heavy atom. The molecule has 0 saturated heterocycles. The highest BCUT2D eigenvalue weighted by Gasteiger charge is 2.36. The van der Waals surface area contributed by atoms with Gasteiger partial charge in [0.25, 0.3) is 0 Å². The predicted molar refractivity (Wildman–Crippen MR) is 48.5 cm³/mol. The molecule has 1 rings (SSSR count). The third-order valence-corrected chi connectivity index (χ3v) is 3.14. The van der Waals surface area contributed by atoms with Gasteiger partial charge >= 0.3 is 0 Å². The molecule has 2 N–H and O–H groups in total. The Morgan fingerprint density at radius 2 is 2.09 bits per heavy atom. The maximum atomic E-state index is 11.4. The van der Waals surface area contributed by atoms with Crippen molar-refractivity contribution in [3.8, 4) is 0 Å². The smallest absolute Gasteiger partial charge is 0.208 e. The zero-order chi connectivity index (χ0) is 8.32. The van der Waals surface area contributed by atoms with Crippen LogP contribution in [0.2, 0.25) is 0 Å². The molecule has 0 atom stereocenters. The molecule has 0 unspecified atom stereocenters. The van der Waals surface area contributed by atoms with Gasteiger partial charge in [0.2, 0.25) is 5.12 Å². The van der Waals surface area contributed by atoms with E-state index in [1.807, 2.05) is 6.92 Å². The molecule has 0 aromatic carbocycles. The fourth-order valence-electron chi connectivity index (χ4n) is 1.48. The van der Waals surface area contributed by atoms with Gasteiger partial charge in [-0.2, -0.15) is 0 Å². The van der Waals surface area contributed by atoms with Gasteiger partial charge in [0.1, 0.15) is 0 Å². The summed E-state index contributed by atoms with van der Waals surface area (Å²) in [6.45, 7) is 1.99. The lowest BCUT2D eigenvalue weighted by Gasteiger charge is -2.20. The van der Waals surface area contributed by atoms with E-state index in [2.05, 4.69) is 0 Å². The average molecular weight is 173 g/mol. The van der Waals surface area contributed by atoms with Gasteiger partial charge in [-0.05, 0) is 18.6 Å². The molecule has 1 saturated carbocycles. The molecular weight excluding hydrogens is 158 g/mol. The highest BCUT2D eigenvalue weighted by atomic mass is 32.2. The summed E-state index contributed by atoms with van der Waals surface area (Å²) in [6.07, 6.45) is 4.01. The molecule has 0 bridgehead atoms. The molecule has 0 aliphatic heterocycles. The summed E-state index contributed by atoms with van der Waals surface area (Å²) in [5, 5.41) is 0.192. The summed E-state index contributed by atoms with van der Waals surface area (Å²) >= 11 is 1.36. The molecule has 1 aliphatic carbocycles. The second kappa shape index (κ2) is 3.59. The molecule has 0 aromatic heterocycles. The lowest BCUT2D eigenvalue weighted by Crippen LogP contribution is -2.43. The van der Waals surface area contributed by atoms with Crippen molar-refractivity contribution in [2.24, 2.45) is 5.73 Å². The molecule has 64 valence electrons. The summed E-state index contributed by atoms with van der Waals surface area (Å²) in [6, 6.07) is 0. The molecule has 0 heterocycles. The lowest BCUT2D eigenvalue weighted by molar-refractivity contribution is -0.115. The number of rotatable bonds is 2. The molecular formula is C8H15NOS. The third kappa shape index (κ3) is 1.97. The lowest BCUT2D eigenvalue weighted by atomic mass is 10.0. The number of hydrogen-bond acceptors (Lipinski definition) is 3. The molecule has 1 fully saturated rings. The van der Waals surface area contributed by atoms with E-state index in [-0.39, 0.29) is 5.12 Å². The Labute approximate surface area is 71.9 Å². The fourth-order valence-corrected chi connectivity index (χ4v) is 2.24. The number of carbonyl (C=O) groups excluding carboxylic acids is 1. The van der Waals surface area contributed by atoms with Gasteiger partial charge in [-0.3, -0.25) is 4.79 Å². The average Bonchev–Trinajstić information content (AvgIpc) is 2.38. The summed E-state index contributed by atoms with van der Waals surface area (Å²) in [5.41, 5.74) is 5.45. The quantitative estimate of drug-likeness (QED) is 0.688. The minimum Gasteiger partial charge on any atom is -0.318 e. The van der Waals surface area contributed by atoms with Crippen LogP contribution in [0.1, 0.15) is 32.6 Å². The van der Waals surface area contributed by atoms with Crippen LogP contribution in [0.3, 0.4) is 0 Å². The Hall–Kier alpha value is -0.0200. The molecule has 1 aliphatic rings. The normalized spacial score (nSPS) is 22.0. The Balaban J connectivity index is 2.49. The van der Waals surface area contributed by atoms with Crippen molar-refractivity contribution < 1.29 is 4.79 Å². The molecule has 0 spiro atoms. The fraction of sp³-hybridized carbons (Fsp3) is 0.875. The predicted octanol–water partition coefficient (Wildman–Crippen LogP) is 1.54. The molecule has 3 heteroatoms. The van der Waals surface area contributed by atoms with Crippen LogP contribution in [-0.2, 0) is 4.79 Å². The zero-order valence-corrected chi connectivity index (χ0v) is 7.75. The molecule has 0 radical (unpaired) electrons. The number of thioether (sulfide) groups is 1. The van der Waals surface area contributed by atoms with Crippen LogP contribution in [0, 0.1) is 0 Å². The first-order valence-electron chi connectivity index (χ1n) is 4.15. The molecule has 0 aromatic rings. The standard InChI is InChI=1S/C8H15NOS/c1-2-11-7(10)8(9)5-3-4-6-8/h2-6,9H2,1H3. The van der Waals surface area contributed by atoms with Crippen LogP contribution in [0.4, 0.5) is 0 Å². The zero-order valence-electron chi connectivity index (χ0n) is 6.93. The van der Waals surface area contributed by atoms with Crippen LogP contribution in [0.15, 0.2) is 0 Å². The summed E-state index contributed by atoms with van der Waals surface area (Å²) < 4.78 is 0. The van der Waals surface area contributed by atoms with E-state index in [1.165, 1.54) is 11.8 Å². The van der Waals surface area contributed by atoms with E-state index in [0.29, 0.717) is 0 Å². The van der Waals surface area contributed by atoms with E-state index in [4.69, 9.17) is 5.73 Å². The Kier molecular flexibility index (Phi) is 2.96. The van der Waals surface area contributed by atoms with Gasteiger partial charge in [0, 0.05) is 0 Å². The van der Waals surface area contributed by atoms with Gasteiger partial charge < -0.3 is 5.73 Å². The maximum Gasteiger partial charge on any atom is 0.208 e. The first kappa shape index (κ1) is 9.07. The van der Waals surface area contributed by atoms with Gasteiger partial charge in [0.05, 0.1) is 5.54 Å². The second-order valence-corrected chi connectivity index (χ2v) is 4.32. The summed E-state index contributed by atoms with van der Waals surface area (Å²) in [4.78, 5) is 11.4. The van der Waals surface area contributed by atoms with Crippen LogP contribution in [0.25, 0.3) is 0 Å². The van der Waals surface area contributed by atoms with Crippen molar-refractivity contribution in [3.05, 3.63) is 0 Å². The van der Waals surface area contributed by atoms with Gasteiger partial charge in [0.15, 0.2) is 0 Å². The van der Waals surface area contributed by atoms with Crippen molar-refractivity contribution in [3.63, 3.8) is 0 Å². The summed E-state index contributed by atoms with van der Waals surface area (Å²) in [5.74, 6) is 0.845. The highest BCUT2D eigenvalue weighted by Crippen LogP contribution is 2.31. The number of carbonyl (C=O) groups is 1. The molecule has 0 amide bonds. The largest absolute Gasteiger partial charge is 0.318 e. The van der Waals surface area contributed by atoms with Crippen molar-refractivity contribution >= 4 is 16.9 Å². The van der Waals surface area contributed by atoms with E-state index in [9.17, 15) is 4.79 Å². The van der Waals surface area contributed by atoms with Crippen molar-refractivity contribution in [2.45, 2.75) is 38.1 Å². The topological polar surface area (TPSA) is 43.1 Å². The second-order valence-electron chi connectivity index (χ2n) is 3.08. The molecule has 2 nitrogen and oxygen atoms in total. The summed E-state index contributed by atoms with van der Waals surface area (Å²) in [7, 11) is 0. The molecule has 11 heavy (non-hydrogen) atoms. The van der Waals surface area contributed by atoms with E-state index < -0.39 is 5.54 Å². The first-order valence-corrected chi connectivity index (χ1v) is 5.14. The Bertz CT molecular complexity index is 152. The SMILES string of the molecule is CCSC(=O)C1(N)CCCC1. The third-order valence-electron chi connectivity index (χ3n) is 2.18. The first-order chi connectivity index (χ1) is 5.19. The van der Waals surface area contributed by atoms with Gasteiger partial charge in [-0.1, -0.05) is 31.5 Å². The van der Waals surface area contributed by atoms with E-state index in [0.717, 1.165) is 31.4 Å². The number of hydrogen-bond donors (Lipinski definition) is 1. The van der Waals surface area contributed by atoms with Crippen LogP contribution < -0.4 is 5.73 Å². The number of nitrogens with two attached hydrogens (primary N) is 1. The van der Waals surface area contributed by atoms with E-state index in [1.54, 1.807) is 0 Å². The minimum atomic E-state index is -0.472. The van der Waals surface area contributed by atoms with Crippen LogP contribution in [0.5, 0.6) is 0 Å². The van der Waals surface area contributed by atoms with Crippen molar-refractivity contribution in [2.75, 3.05) is 5.75 Å². The Morgan fingerprint density at radius 3 is 2.55 bits per heavy atom.